The number of quaternary nitrogens is 1. The normalized spacial score (nSPS) is 24.0. The summed E-state index contributed by atoms with van der Waals surface area (Å²) in [5.74, 6) is 0.108. The molecule has 2 aromatic rings. The molecule has 0 aromatic heterocycles. The van der Waals surface area contributed by atoms with E-state index in [2.05, 4.69) is 7.05 Å². The summed E-state index contributed by atoms with van der Waals surface area (Å²) in [4.78, 5) is 22.0. The fourth-order valence-corrected chi connectivity index (χ4v) is 4.39. The summed E-state index contributed by atoms with van der Waals surface area (Å²) in [6.07, 6.45) is 1.44. The Morgan fingerprint density at radius 1 is 1.21 bits per heavy atom. The van der Waals surface area contributed by atoms with Crippen molar-refractivity contribution in [1.29, 1.82) is 0 Å². The Hall–Kier alpha value is -2.64. The molecule has 7 heteroatoms. The molecular formula is C22H23FN3O2S+. The number of amides is 1. The lowest BCUT2D eigenvalue weighted by molar-refractivity contribution is -0.886. The number of hydrogen-bond acceptors (Lipinski definition) is 4. The zero-order chi connectivity index (χ0) is 20.6. The minimum Gasteiger partial charge on any atom is -0.497 e. The monoisotopic (exact) mass is 412 g/mol. The third-order valence-electron chi connectivity index (χ3n) is 5.68. The molecule has 2 aliphatic heterocycles. The number of nitrogens with one attached hydrogen (secondary N) is 1. The van der Waals surface area contributed by atoms with Crippen molar-refractivity contribution >= 4 is 28.8 Å². The van der Waals surface area contributed by atoms with E-state index in [0.29, 0.717) is 22.0 Å². The minimum atomic E-state index is -0.694. The smallest absolute Gasteiger partial charge is 0.261 e. The molecule has 1 saturated heterocycles. The fraction of sp³-hybridized carbons (Fsp3) is 0.318. The zero-order valence-corrected chi connectivity index (χ0v) is 17.3. The number of hydrogen-bond donors (Lipinski definition) is 1. The molecule has 1 fully saturated rings. The Labute approximate surface area is 174 Å². The van der Waals surface area contributed by atoms with Crippen molar-refractivity contribution in [3.8, 4) is 5.75 Å². The molecule has 0 aliphatic carbocycles. The van der Waals surface area contributed by atoms with Gasteiger partial charge in [-0.1, -0.05) is 18.3 Å². The molecule has 0 bridgehead atoms. The van der Waals surface area contributed by atoms with Crippen molar-refractivity contribution < 1.29 is 18.8 Å². The Morgan fingerprint density at radius 3 is 2.55 bits per heavy atom. The molecule has 0 saturated carbocycles. The van der Waals surface area contributed by atoms with Crippen molar-refractivity contribution in [1.82, 2.24) is 4.90 Å². The van der Waals surface area contributed by atoms with E-state index >= 15 is 0 Å². The van der Waals surface area contributed by atoms with Gasteiger partial charge in [-0.15, -0.1) is 0 Å². The third-order valence-corrected chi connectivity index (χ3v) is 6.06. The van der Waals surface area contributed by atoms with Gasteiger partial charge in [0.1, 0.15) is 22.3 Å². The molecular weight excluding hydrogens is 389 g/mol. The van der Waals surface area contributed by atoms with Crippen LogP contribution in [0.15, 0.2) is 53.5 Å². The van der Waals surface area contributed by atoms with Crippen molar-refractivity contribution in [3.63, 3.8) is 0 Å². The maximum Gasteiger partial charge on any atom is 0.261 e. The molecule has 1 N–H and O–H groups in total. The average molecular weight is 413 g/mol. The minimum absolute atomic E-state index is 0.186. The number of piperidine rings is 1. The second-order valence-electron chi connectivity index (χ2n) is 7.58. The van der Waals surface area contributed by atoms with Crippen LogP contribution >= 0.6 is 12.2 Å². The van der Waals surface area contributed by atoms with Gasteiger partial charge in [0.25, 0.3) is 5.91 Å². The van der Waals surface area contributed by atoms with Crippen molar-refractivity contribution in [2.24, 2.45) is 4.99 Å². The van der Waals surface area contributed by atoms with Crippen LogP contribution in [0.4, 0.5) is 4.39 Å². The summed E-state index contributed by atoms with van der Waals surface area (Å²) in [5, 5.41) is 0. The first-order valence-corrected chi connectivity index (χ1v) is 10.0. The number of benzene rings is 2. The van der Waals surface area contributed by atoms with Crippen LogP contribution in [-0.2, 0) is 0 Å². The SMILES string of the molecule is COc1cccc(C(=O)N2C(=S)C(c3ccc(F)cc3)=NC23CC[NH+](C)CC3)c1. The van der Waals surface area contributed by atoms with Gasteiger partial charge in [-0.3, -0.25) is 14.7 Å². The number of nitrogens with zero attached hydrogens (tertiary/aromatic N) is 2. The van der Waals surface area contributed by atoms with E-state index in [-0.39, 0.29) is 11.7 Å². The Bertz CT molecular complexity index is 982. The Balaban J connectivity index is 1.76. The van der Waals surface area contributed by atoms with Gasteiger partial charge in [-0.25, -0.2) is 4.39 Å². The quantitative estimate of drug-likeness (QED) is 0.786. The van der Waals surface area contributed by atoms with E-state index in [1.165, 1.54) is 17.0 Å². The number of rotatable bonds is 3. The molecule has 2 aromatic carbocycles. The fourth-order valence-electron chi connectivity index (χ4n) is 3.98. The molecule has 0 unspecified atom stereocenters. The summed E-state index contributed by atoms with van der Waals surface area (Å²) >= 11 is 5.74. The van der Waals surface area contributed by atoms with Gasteiger partial charge >= 0.3 is 0 Å². The summed E-state index contributed by atoms with van der Waals surface area (Å²) in [6, 6.07) is 13.2. The number of methoxy groups -OCH3 is 1. The van der Waals surface area contributed by atoms with Gasteiger partial charge in [0, 0.05) is 24.0 Å². The van der Waals surface area contributed by atoms with Crippen molar-refractivity contribution in [2.75, 3.05) is 27.2 Å². The van der Waals surface area contributed by atoms with Crippen LogP contribution in [0.3, 0.4) is 0 Å². The standard InChI is InChI=1S/C22H22FN3O2S/c1-25-12-10-22(11-13-25)24-19(15-6-8-17(23)9-7-15)21(29)26(22)20(27)16-4-3-5-18(14-16)28-2/h3-9,14H,10-13H2,1-2H3/p+1. The molecule has 2 aliphatic rings. The predicted octanol–water partition coefficient (Wildman–Crippen LogP) is 2.11. The van der Waals surface area contributed by atoms with E-state index in [1.807, 2.05) is 0 Å². The van der Waals surface area contributed by atoms with Crippen LogP contribution in [0.1, 0.15) is 28.8 Å². The van der Waals surface area contributed by atoms with E-state index < -0.39 is 5.66 Å². The predicted molar refractivity (Wildman–Crippen MR) is 113 cm³/mol. The van der Waals surface area contributed by atoms with E-state index in [1.54, 1.807) is 48.4 Å². The van der Waals surface area contributed by atoms with Crippen molar-refractivity contribution in [3.05, 3.63) is 65.5 Å². The second kappa shape index (κ2) is 7.65. The van der Waals surface area contributed by atoms with Gasteiger partial charge < -0.3 is 9.64 Å². The summed E-state index contributed by atoms with van der Waals surface area (Å²) in [5.41, 5.74) is 1.12. The molecule has 1 amide bonds. The van der Waals surface area contributed by atoms with E-state index in [0.717, 1.165) is 31.5 Å². The Kier molecular flexibility index (Phi) is 5.19. The molecule has 2 heterocycles. The lowest BCUT2D eigenvalue weighted by atomic mass is 9.95. The van der Waals surface area contributed by atoms with Crippen LogP contribution in [0, 0.1) is 5.82 Å². The molecule has 1 spiro atoms. The molecule has 29 heavy (non-hydrogen) atoms. The number of likely N-dealkylation sites (tertiary alicyclic amines) is 1. The molecule has 150 valence electrons. The van der Waals surface area contributed by atoms with Crippen LogP contribution in [-0.4, -0.2) is 54.4 Å². The maximum absolute atomic E-state index is 13.6. The first-order valence-electron chi connectivity index (χ1n) is 9.63. The Morgan fingerprint density at radius 2 is 1.90 bits per heavy atom. The summed E-state index contributed by atoms with van der Waals surface area (Å²) in [7, 11) is 3.71. The van der Waals surface area contributed by atoms with Crippen molar-refractivity contribution in [2.45, 2.75) is 18.5 Å². The van der Waals surface area contributed by atoms with Gasteiger partial charge in [0.05, 0.1) is 27.2 Å². The number of carbonyl (C=O) groups is 1. The summed E-state index contributed by atoms with van der Waals surface area (Å²) in [6.45, 7) is 1.79. The molecule has 4 rings (SSSR count). The second-order valence-corrected chi connectivity index (χ2v) is 7.97. The van der Waals surface area contributed by atoms with Gasteiger partial charge in [-0.05, 0) is 42.5 Å². The number of ether oxygens (including phenoxy) is 1. The topological polar surface area (TPSA) is 46.3 Å². The largest absolute Gasteiger partial charge is 0.497 e. The highest BCUT2D eigenvalue weighted by Crippen LogP contribution is 2.36. The summed E-state index contributed by atoms with van der Waals surface area (Å²) < 4.78 is 18.7. The van der Waals surface area contributed by atoms with Gasteiger partial charge in [0.2, 0.25) is 0 Å². The maximum atomic E-state index is 13.6. The highest BCUT2D eigenvalue weighted by Gasteiger charge is 2.51. The molecule has 5 nitrogen and oxygen atoms in total. The van der Waals surface area contributed by atoms with Crippen LogP contribution < -0.4 is 9.64 Å². The average Bonchev–Trinajstić information content (AvgIpc) is 3.02. The van der Waals surface area contributed by atoms with Crippen LogP contribution in [0.25, 0.3) is 0 Å². The highest BCUT2D eigenvalue weighted by atomic mass is 32.1. The van der Waals surface area contributed by atoms with E-state index in [4.69, 9.17) is 21.9 Å². The number of aliphatic imine (C=N–C) groups is 1. The van der Waals surface area contributed by atoms with Crippen LogP contribution in [0.2, 0.25) is 0 Å². The highest BCUT2D eigenvalue weighted by molar-refractivity contribution is 7.82. The molecule has 0 radical (unpaired) electrons. The zero-order valence-electron chi connectivity index (χ0n) is 16.4. The first-order chi connectivity index (χ1) is 13.9. The van der Waals surface area contributed by atoms with Crippen LogP contribution in [0.5, 0.6) is 5.75 Å². The van der Waals surface area contributed by atoms with E-state index in [9.17, 15) is 9.18 Å². The molecule has 0 atom stereocenters. The lowest BCUT2D eigenvalue weighted by Crippen LogP contribution is -3.10. The van der Waals surface area contributed by atoms with Gasteiger partial charge in [0.15, 0.2) is 5.66 Å². The number of carbonyl (C=O) groups excluding carboxylic acids is 1. The first kappa shape index (κ1) is 19.7. The number of thiocarbonyl (C=S) groups is 1. The lowest BCUT2D eigenvalue weighted by Gasteiger charge is -2.40. The number of halogens is 1. The third kappa shape index (κ3) is 3.56. The van der Waals surface area contributed by atoms with Gasteiger partial charge in [-0.2, -0.15) is 0 Å².